The molecule has 0 radical (unpaired) electrons. The quantitative estimate of drug-likeness (QED) is 0.617. The summed E-state index contributed by atoms with van der Waals surface area (Å²) in [6, 6.07) is 12.0. The van der Waals surface area contributed by atoms with Crippen molar-refractivity contribution in [1.82, 2.24) is 15.5 Å². The number of rotatable bonds is 3. The maximum absolute atomic E-state index is 12.3. The highest BCUT2D eigenvalue weighted by atomic mass is 35.5. The van der Waals surface area contributed by atoms with E-state index in [0.29, 0.717) is 21.5 Å². The molecule has 3 aromatic rings. The van der Waals surface area contributed by atoms with Crippen molar-refractivity contribution in [3.63, 3.8) is 0 Å². The third-order valence-corrected chi connectivity index (χ3v) is 3.90. The first kappa shape index (κ1) is 17.7. The van der Waals surface area contributed by atoms with Gasteiger partial charge < -0.3 is 15.5 Å². The number of carbonyl (C=O) groups excluding carboxylic acids is 1. The molecule has 1 amide bonds. The smallest absolute Gasteiger partial charge is 0.275 e. The van der Waals surface area contributed by atoms with E-state index >= 15 is 0 Å². The van der Waals surface area contributed by atoms with E-state index in [0.717, 1.165) is 5.56 Å². The topological polar surface area (TPSA) is 95.3 Å². The van der Waals surface area contributed by atoms with Crippen LogP contribution in [0.25, 0.3) is 10.9 Å². The molecule has 130 valence electrons. The number of benzene rings is 2. The predicted molar refractivity (Wildman–Crippen MR) is 97.8 cm³/mol. The van der Waals surface area contributed by atoms with Crippen LogP contribution >= 0.6 is 11.6 Å². The van der Waals surface area contributed by atoms with Crippen molar-refractivity contribution in [2.75, 3.05) is 6.61 Å². The van der Waals surface area contributed by atoms with E-state index in [9.17, 15) is 9.90 Å². The van der Waals surface area contributed by atoms with Crippen LogP contribution in [0.3, 0.4) is 0 Å². The van der Waals surface area contributed by atoms with Crippen LogP contribution in [0, 0.1) is 11.8 Å². The second-order valence-electron chi connectivity index (χ2n) is 5.37. The summed E-state index contributed by atoms with van der Waals surface area (Å²) in [7, 11) is 0. The van der Waals surface area contributed by atoms with E-state index in [1.54, 1.807) is 42.5 Å². The summed E-state index contributed by atoms with van der Waals surface area (Å²) >= 11 is 5.83. The largest absolute Gasteiger partial charge is 0.505 e. The lowest BCUT2D eigenvalue weighted by molar-refractivity contribution is 0.0942. The molecule has 3 rings (SSSR count). The molecule has 0 spiro atoms. The SMILES string of the molecule is O=C(NCc1ccc(Cl)cc1)c1nnc2c(C#CCO)cccc2c1O. The Bertz CT molecular complexity index is 1020. The Morgan fingerprint density at radius 3 is 2.65 bits per heavy atom. The highest BCUT2D eigenvalue weighted by Crippen LogP contribution is 2.27. The van der Waals surface area contributed by atoms with E-state index in [2.05, 4.69) is 27.4 Å². The number of aliphatic hydroxyl groups excluding tert-OH is 1. The fourth-order valence-electron chi connectivity index (χ4n) is 2.37. The average molecular weight is 368 g/mol. The summed E-state index contributed by atoms with van der Waals surface area (Å²) in [5, 5.41) is 30.7. The zero-order chi connectivity index (χ0) is 18.5. The fourth-order valence-corrected chi connectivity index (χ4v) is 2.50. The number of aromatic hydroxyl groups is 1. The molecule has 0 bridgehead atoms. The molecular formula is C19H14ClN3O3. The molecule has 0 saturated heterocycles. The van der Waals surface area contributed by atoms with Gasteiger partial charge in [-0.1, -0.05) is 41.6 Å². The van der Waals surface area contributed by atoms with Crippen LogP contribution in [0.2, 0.25) is 5.02 Å². The van der Waals surface area contributed by atoms with Gasteiger partial charge in [0.05, 0.1) is 5.56 Å². The lowest BCUT2D eigenvalue weighted by Gasteiger charge is -2.08. The van der Waals surface area contributed by atoms with E-state index in [1.165, 1.54) is 0 Å². The van der Waals surface area contributed by atoms with Gasteiger partial charge in [0.15, 0.2) is 11.4 Å². The van der Waals surface area contributed by atoms with Gasteiger partial charge in [-0.2, -0.15) is 0 Å². The summed E-state index contributed by atoms with van der Waals surface area (Å²) < 4.78 is 0. The number of fused-ring (bicyclic) bond motifs is 1. The predicted octanol–water partition coefficient (Wildman–Crippen LogP) is 2.26. The van der Waals surface area contributed by atoms with Crippen molar-refractivity contribution >= 4 is 28.4 Å². The van der Waals surface area contributed by atoms with Gasteiger partial charge in [-0.25, -0.2) is 0 Å². The molecule has 0 unspecified atom stereocenters. The number of carbonyl (C=O) groups is 1. The van der Waals surface area contributed by atoms with Crippen LogP contribution < -0.4 is 5.32 Å². The van der Waals surface area contributed by atoms with Gasteiger partial charge in [0.2, 0.25) is 0 Å². The van der Waals surface area contributed by atoms with Gasteiger partial charge in [-0.3, -0.25) is 4.79 Å². The molecule has 0 saturated carbocycles. The Balaban J connectivity index is 1.86. The highest BCUT2D eigenvalue weighted by molar-refractivity contribution is 6.30. The van der Waals surface area contributed by atoms with Gasteiger partial charge >= 0.3 is 0 Å². The second kappa shape index (κ2) is 7.83. The zero-order valence-electron chi connectivity index (χ0n) is 13.5. The van der Waals surface area contributed by atoms with Crippen LogP contribution in [0.1, 0.15) is 21.6 Å². The number of hydrogen-bond donors (Lipinski definition) is 3. The van der Waals surface area contributed by atoms with Crippen molar-refractivity contribution in [3.05, 3.63) is 64.3 Å². The maximum atomic E-state index is 12.3. The van der Waals surface area contributed by atoms with Gasteiger partial charge in [0.1, 0.15) is 12.1 Å². The van der Waals surface area contributed by atoms with Crippen molar-refractivity contribution in [2.24, 2.45) is 0 Å². The Labute approximate surface area is 154 Å². The Kier molecular flexibility index (Phi) is 5.32. The van der Waals surface area contributed by atoms with Crippen LogP contribution in [-0.4, -0.2) is 32.9 Å². The minimum atomic E-state index is -0.543. The molecule has 26 heavy (non-hydrogen) atoms. The van der Waals surface area contributed by atoms with Gasteiger partial charge in [-0.05, 0) is 29.8 Å². The number of amides is 1. The minimum absolute atomic E-state index is 0.168. The molecular weight excluding hydrogens is 354 g/mol. The molecule has 3 N–H and O–H groups in total. The number of nitrogens with zero attached hydrogens (tertiary/aromatic N) is 2. The van der Waals surface area contributed by atoms with Crippen LogP contribution in [-0.2, 0) is 6.54 Å². The number of nitrogens with one attached hydrogen (secondary N) is 1. The first-order valence-corrected chi connectivity index (χ1v) is 8.08. The molecule has 7 heteroatoms. The fraction of sp³-hybridized carbons (Fsp3) is 0.105. The summed E-state index contributed by atoms with van der Waals surface area (Å²) in [5.74, 6) is 4.45. The van der Waals surface area contributed by atoms with Crippen LogP contribution in [0.4, 0.5) is 0 Å². The van der Waals surface area contributed by atoms with Crippen molar-refractivity contribution in [2.45, 2.75) is 6.54 Å². The van der Waals surface area contributed by atoms with E-state index in [1.807, 2.05) is 0 Å². The number of halogens is 1. The normalized spacial score (nSPS) is 10.2. The number of aliphatic hydroxyl groups is 1. The summed E-state index contributed by atoms with van der Waals surface area (Å²) in [6.45, 7) is -0.0296. The standard InChI is InChI=1S/C19H14ClN3O3/c20-14-8-6-12(7-9-14)11-21-19(26)17-18(25)15-5-1-3-13(4-2-10-24)16(15)22-23-17/h1,3,5-9,24H,10-11H2,(H,21,26)(H,22,25). The summed E-state index contributed by atoms with van der Waals surface area (Å²) in [4.78, 5) is 12.3. The Morgan fingerprint density at radius 1 is 1.15 bits per heavy atom. The highest BCUT2D eigenvalue weighted by Gasteiger charge is 2.17. The number of aromatic nitrogens is 2. The molecule has 1 aromatic heterocycles. The minimum Gasteiger partial charge on any atom is -0.505 e. The third kappa shape index (κ3) is 3.75. The maximum Gasteiger partial charge on any atom is 0.275 e. The first-order valence-electron chi connectivity index (χ1n) is 7.71. The van der Waals surface area contributed by atoms with Gasteiger partial charge in [0, 0.05) is 17.0 Å². The zero-order valence-corrected chi connectivity index (χ0v) is 14.3. The monoisotopic (exact) mass is 367 g/mol. The summed E-state index contributed by atoms with van der Waals surface area (Å²) in [5.41, 5.74) is 1.56. The van der Waals surface area contributed by atoms with Crippen LogP contribution in [0.5, 0.6) is 5.75 Å². The van der Waals surface area contributed by atoms with Crippen LogP contribution in [0.15, 0.2) is 42.5 Å². The van der Waals surface area contributed by atoms with Gasteiger partial charge in [-0.15, -0.1) is 10.2 Å². The average Bonchev–Trinajstić information content (AvgIpc) is 2.66. The molecule has 0 aliphatic heterocycles. The molecule has 6 nitrogen and oxygen atoms in total. The first-order chi connectivity index (χ1) is 12.6. The van der Waals surface area contributed by atoms with Crippen molar-refractivity contribution in [3.8, 4) is 17.6 Å². The molecule has 2 aromatic carbocycles. The Morgan fingerprint density at radius 2 is 1.92 bits per heavy atom. The molecule has 0 fully saturated rings. The van der Waals surface area contributed by atoms with Gasteiger partial charge in [0.25, 0.3) is 5.91 Å². The van der Waals surface area contributed by atoms with Crippen molar-refractivity contribution < 1.29 is 15.0 Å². The lowest BCUT2D eigenvalue weighted by atomic mass is 10.1. The number of hydrogen-bond acceptors (Lipinski definition) is 5. The molecule has 0 aliphatic rings. The van der Waals surface area contributed by atoms with Crippen molar-refractivity contribution in [1.29, 1.82) is 0 Å². The molecule has 0 atom stereocenters. The summed E-state index contributed by atoms with van der Waals surface area (Å²) in [6.07, 6.45) is 0. The Hall–Kier alpha value is -3.14. The third-order valence-electron chi connectivity index (χ3n) is 3.65. The van der Waals surface area contributed by atoms with E-state index < -0.39 is 5.91 Å². The van der Waals surface area contributed by atoms with E-state index in [4.69, 9.17) is 16.7 Å². The van der Waals surface area contributed by atoms with E-state index in [-0.39, 0.29) is 24.6 Å². The lowest BCUT2D eigenvalue weighted by Crippen LogP contribution is -2.24. The molecule has 1 heterocycles. The molecule has 0 aliphatic carbocycles. The second-order valence-corrected chi connectivity index (χ2v) is 5.80.